The minimum absolute atomic E-state index is 0.364. The standard InChI is InChI=1S/C13H17N5/c1-9-4-3-5-10(11(9)14)12-15-16-17-18(12)8-13(2)6-7-13/h3-5H,6-8,14H2,1-2H3. The van der Waals surface area contributed by atoms with Crippen LogP contribution in [0.5, 0.6) is 0 Å². The lowest BCUT2D eigenvalue weighted by Crippen LogP contribution is -2.11. The quantitative estimate of drug-likeness (QED) is 0.837. The number of aromatic nitrogens is 4. The number of hydrogen-bond acceptors (Lipinski definition) is 4. The number of para-hydroxylation sites is 1. The third-order valence-electron chi connectivity index (χ3n) is 3.73. The van der Waals surface area contributed by atoms with Gasteiger partial charge in [-0.25, -0.2) is 4.68 Å². The molecule has 3 rings (SSSR count). The number of nitrogens with two attached hydrogens (primary N) is 1. The van der Waals surface area contributed by atoms with Crippen molar-refractivity contribution >= 4 is 5.69 Å². The van der Waals surface area contributed by atoms with Crippen LogP contribution in [-0.4, -0.2) is 20.2 Å². The molecular formula is C13H17N5. The predicted octanol–water partition coefficient (Wildman–Crippen LogP) is 2.03. The summed E-state index contributed by atoms with van der Waals surface area (Å²) in [4.78, 5) is 0. The average molecular weight is 243 g/mol. The molecule has 2 aromatic rings. The van der Waals surface area contributed by atoms with E-state index in [1.807, 2.05) is 29.8 Å². The first kappa shape index (κ1) is 11.2. The van der Waals surface area contributed by atoms with Crippen LogP contribution in [0.25, 0.3) is 11.4 Å². The highest BCUT2D eigenvalue weighted by Crippen LogP contribution is 2.46. The van der Waals surface area contributed by atoms with Gasteiger partial charge in [-0.2, -0.15) is 0 Å². The molecule has 2 N–H and O–H groups in total. The molecule has 1 aromatic heterocycles. The number of hydrogen-bond donors (Lipinski definition) is 1. The molecule has 0 atom stereocenters. The Kier molecular flexibility index (Phi) is 2.36. The number of aryl methyl sites for hydroxylation is 1. The van der Waals surface area contributed by atoms with Gasteiger partial charge in [0.05, 0.1) is 6.54 Å². The molecule has 18 heavy (non-hydrogen) atoms. The van der Waals surface area contributed by atoms with E-state index in [1.165, 1.54) is 12.8 Å². The molecule has 0 aliphatic heterocycles. The molecule has 1 heterocycles. The van der Waals surface area contributed by atoms with Crippen molar-refractivity contribution in [2.45, 2.75) is 33.2 Å². The Labute approximate surface area is 106 Å². The molecule has 1 saturated carbocycles. The lowest BCUT2D eigenvalue weighted by atomic mass is 10.1. The lowest BCUT2D eigenvalue weighted by molar-refractivity contribution is 0.427. The molecule has 1 aliphatic rings. The SMILES string of the molecule is Cc1cccc(-c2nnnn2CC2(C)CC2)c1N. The third-order valence-corrected chi connectivity index (χ3v) is 3.73. The van der Waals surface area contributed by atoms with Crippen LogP contribution in [0.1, 0.15) is 25.3 Å². The minimum atomic E-state index is 0.364. The zero-order valence-corrected chi connectivity index (χ0v) is 10.7. The fourth-order valence-corrected chi connectivity index (χ4v) is 2.11. The van der Waals surface area contributed by atoms with Crippen molar-refractivity contribution in [3.63, 3.8) is 0 Å². The van der Waals surface area contributed by atoms with Gasteiger partial charge in [0, 0.05) is 11.3 Å². The van der Waals surface area contributed by atoms with E-state index in [-0.39, 0.29) is 0 Å². The van der Waals surface area contributed by atoms with Crippen molar-refractivity contribution in [1.29, 1.82) is 0 Å². The van der Waals surface area contributed by atoms with E-state index < -0.39 is 0 Å². The van der Waals surface area contributed by atoms with Gasteiger partial charge in [-0.3, -0.25) is 0 Å². The smallest absolute Gasteiger partial charge is 0.184 e. The van der Waals surface area contributed by atoms with E-state index in [2.05, 4.69) is 22.4 Å². The van der Waals surface area contributed by atoms with Gasteiger partial charge in [-0.15, -0.1) is 5.10 Å². The Balaban J connectivity index is 2.01. The molecule has 1 aliphatic carbocycles. The molecule has 0 spiro atoms. The molecule has 0 saturated heterocycles. The second kappa shape index (κ2) is 3.80. The Hall–Kier alpha value is -1.91. The van der Waals surface area contributed by atoms with Crippen LogP contribution in [0.2, 0.25) is 0 Å². The molecule has 0 unspecified atom stereocenters. The van der Waals surface area contributed by atoms with Gasteiger partial charge < -0.3 is 5.73 Å². The van der Waals surface area contributed by atoms with Crippen molar-refractivity contribution in [3.8, 4) is 11.4 Å². The summed E-state index contributed by atoms with van der Waals surface area (Å²) in [5.41, 5.74) is 9.21. The molecular weight excluding hydrogens is 226 g/mol. The molecule has 5 nitrogen and oxygen atoms in total. The van der Waals surface area contributed by atoms with E-state index in [9.17, 15) is 0 Å². The van der Waals surface area contributed by atoms with Crippen molar-refractivity contribution in [3.05, 3.63) is 23.8 Å². The number of anilines is 1. The maximum Gasteiger partial charge on any atom is 0.184 e. The van der Waals surface area contributed by atoms with Gasteiger partial charge in [-0.05, 0) is 47.2 Å². The number of benzene rings is 1. The lowest BCUT2D eigenvalue weighted by Gasteiger charge is -2.11. The Morgan fingerprint density at radius 3 is 2.89 bits per heavy atom. The summed E-state index contributed by atoms with van der Waals surface area (Å²) >= 11 is 0. The number of tetrazole rings is 1. The minimum Gasteiger partial charge on any atom is -0.398 e. The summed E-state index contributed by atoms with van der Waals surface area (Å²) in [5.74, 6) is 0.768. The first-order valence-electron chi connectivity index (χ1n) is 6.21. The molecule has 0 amide bonds. The largest absolute Gasteiger partial charge is 0.398 e. The Bertz CT molecular complexity index is 583. The first-order chi connectivity index (χ1) is 8.59. The van der Waals surface area contributed by atoms with Crippen molar-refractivity contribution in [1.82, 2.24) is 20.2 Å². The second-order valence-corrected chi connectivity index (χ2v) is 5.51. The highest BCUT2D eigenvalue weighted by atomic mass is 15.5. The van der Waals surface area contributed by atoms with E-state index in [0.29, 0.717) is 5.41 Å². The third kappa shape index (κ3) is 1.85. The second-order valence-electron chi connectivity index (χ2n) is 5.51. The van der Waals surface area contributed by atoms with Gasteiger partial charge in [0.15, 0.2) is 5.82 Å². The van der Waals surface area contributed by atoms with Crippen molar-refractivity contribution in [2.24, 2.45) is 5.41 Å². The Morgan fingerprint density at radius 1 is 1.39 bits per heavy atom. The molecule has 94 valence electrons. The van der Waals surface area contributed by atoms with Crippen molar-refractivity contribution in [2.75, 3.05) is 5.73 Å². The summed E-state index contributed by atoms with van der Waals surface area (Å²) in [6.07, 6.45) is 2.49. The highest BCUT2D eigenvalue weighted by molar-refractivity contribution is 5.73. The summed E-state index contributed by atoms with van der Waals surface area (Å²) in [6.45, 7) is 5.12. The van der Waals surface area contributed by atoms with Crippen LogP contribution in [-0.2, 0) is 6.54 Å². The zero-order valence-electron chi connectivity index (χ0n) is 10.7. The molecule has 0 radical (unpaired) electrons. The van der Waals surface area contributed by atoms with Gasteiger partial charge in [0.1, 0.15) is 0 Å². The van der Waals surface area contributed by atoms with Gasteiger partial charge >= 0.3 is 0 Å². The monoisotopic (exact) mass is 243 g/mol. The van der Waals surface area contributed by atoms with Crippen LogP contribution >= 0.6 is 0 Å². The van der Waals surface area contributed by atoms with Crippen LogP contribution in [0.3, 0.4) is 0 Å². The molecule has 5 heteroatoms. The summed E-state index contributed by atoms with van der Waals surface area (Å²) in [5, 5.41) is 12.0. The fourth-order valence-electron chi connectivity index (χ4n) is 2.11. The van der Waals surface area contributed by atoms with Crippen LogP contribution in [0, 0.1) is 12.3 Å². The Morgan fingerprint density at radius 2 is 2.17 bits per heavy atom. The predicted molar refractivity (Wildman–Crippen MR) is 69.7 cm³/mol. The van der Waals surface area contributed by atoms with E-state index >= 15 is 0 Å². The molecule has 1 fully saturated rings. The molecule has 0 bridgehead atoms. The van der Waals surface area contributed by atoms with E-state index in [1.54, 1.807) is 0 Å². The number of rotatable bonds is 3. The summed E-state index contributed by atoms with van der Waals surface area (Å²) < 4.78 is 1.87. The van der Waals surface area contributed by atoms with Crippen LogP contribution in [0.4, 0.5) is 5.69 Å². The summed E-state index contributed by atoms with van der Waals surface area (Å²) in [7, 11) is 0. The maximum absolute atomic E-state index is 6.11. The van der Waals surface area contributed by atoms with Gasteiger partial charge in [0.25, 0.3) is 0 Å². The fraction of sp³-hybridized carbons (Fsp3) is 0.462. The summed E-state index contributed by atoms with van der Waals surface area (Å²) in [6, 6.07) is 5.95. The molecule has 1 aromatic carbocycles. The highest BCUT2D eigenvalue weighted by Gasteiger charge is 2.38. The van der Waals surface area contributed by atoms with Crippen LogP contribution < -0.4 is 5.73 Å². The zero-order chi connectivity index (χ0) is 12.8. The maximum atomic E-state index is 6.11. The van der Waals surface area contributed by atoms with Crippen LogP contribution in [0.15, 0.2) is 18.2 Å². The van der Waals surface area contributed by atoms with E-state index in [4.69, 9.17) is 5.73 Å². The number of nitrogen functional groups attached to an aromatic ring is 1. The van der Waals surface area contributed by atoms with Crippen molar-refractivity contribution < 1.29 is 0 Å². The van der Waals surface area contributed by atoms with Gasteiger partial charge in [0.2, 0.25) is 0 Å². The number of nitrogens with zero attached hydrogens (tertiary/aromatic N) is 4. The topological polar surface area (TPSA) is 69.6 Å². The first-order valence-corrected chi connectivity index (χ1v) is 6.21. The van der Waals surface area contributed by atoms with E-state index in [0.717, 1.165) is 29.2 Å². The average Bonchev–Trinajstić information content (AvgIpc) is 2.88. The van der Waals surface area contributed by atoms with Gasteiger partial charge in [-0.1, -0.05) is 19.1 Å². The normalized spacial score (nSPS) is 16.8.